The van der Waals surface area contributed by atoms with Gasteiger partial charge in [-0.2, -0.15) is 5.26 Å². The van der Waals surface area contributed by atoms with Crippen molar-refractivity contribution in [3.8, 4) is 6.07 Å². The fourth-order valence-electron chi connectivity index (χ4n) is 2.79. The summed E-state index contributed by atoms with van der Waals surface area (Å²) >= 11 is 0. The highest BCUT2D eigenvalue weighted by Gasteiger charge is 2.32. The van der Waals surface area contributed by atoms with Gasteiger partial charge in [0.05, 0.1) is 12.1 Å². The molecule has 4 nitrogen and oxygen atoms in total. The third kappa shape index (κ3) is 2.63. The Hall–Kier alpha value is -2.52. The maximum Gasteiger partial charge on any atom is 0.159 e. The van der Waals surface area contributed by atoms with Crippen molar-refractivity contribution >= 4 is 5.69 Å². The molecular formula is C16H13F2N3O. The Bertz CT molecular complexity index is 744. The van der Waals surface area contributed by atoms with Crippen LogP contribution in [0.1, 0.15) is 23.7 Å². The molecule has 1 N–H and O–H groups in total. The molecule has 1 aromatic heterocycles. The zero-order chi connectivity index (χ0) is 15.7. The summed E-state index contributed by atoms with van der Waals surface area (Å²) in [6.45, 7) is 0.360. The Kier molecular flexibility index (Phi) is 3.73. The predicted octanol–water partition coefficient (Wildman–Crippen LogP) is 2.54. The number of aliphatic hydroxyl groups excluding tert-OH is 1. The second-order valence-electron chi connectivity index (χ2n) is 5.24. The number of aliphatic hydroxyl groups is 1. The minimum Gasteiger partial charge on any atom is -0.391 e. The molecule has 0 aliphatic carbocycles. The molecular weight excluding hydrogens is 288 g/mol. The summed E-state index contributed by atoms with van der Waals surface area (Å²) in [5.74, 6) is -1.81. The number of rotatable bonds is 2. The fraction of sp³-hybridized carbons (Fsp3) is 0.250. The molecule has 112 valence electrons. The van der Waals surface area contributed by atoms with Gasteiger partial charge in [-0.1, -0.05) is 6.07 Å². The van der Waals surface area contributed by atoms with Crippen LogP contribution in [0.2, 0.25) is 0 Å². The van der Waals surface area contributed by atoms with Crippen LogP contribution in [0.15, 0.2) is 36.5 Å². The topological polar surface area (TPSA) is 60.2 Å². The third-order valence-corrected chi connectivity index (χ3v) is 3.80. The smallest absolute Gasteiger partial charge is 0.159 e. The first-order chi connectivity index (χ1) is 10.6. The Morgan fingerprint density at radius 1 is 1.23 bits per heavy atom. The molecule has 22 heavy (non-hydrogen) atoms. The van der Waals surface area contributed by atoms with E-state index in [1.807, 2.05) is 11.0 Å². The monoisotopic (exact) mass is 301 g/mol. The second-order valence-corrected chi connectivity index (χ2v) is 5.24. The van der Waals surface area contributed by atoms with Crippen molar-refractivity contribution in [2.75, 3.05) is 11.4 Å². The average molecular weight is 301 g/mol. The van der Waals surface area contributed by atoms with E-state index in [2.05, 4.69) is 4.98 Å². The van der Waals surface area contributed by atoms with Crippen LogP contribution in [-0.2, 0) is 0 Å². The maximum absolute atomic E-state index is 13.5. The molecule has 0 bridgehead atoms. The molecule has 2 heterocycles. The summed E-state index contributed by atoms with van der Waals surface area (Å²) in [4.78, 5) is 5.79. The van der Waals surface area contributed by atoms with E-state index in [1.54, 1.807) is 12.1 Å². The highest BCUT2D eigenvalue weighted by molar-refractivity contribution is 5.52. The molecule has 2 aromatic rings. The number of hydrogen-bond acceptors (Lipinski definition) is 4. The molecule has 0 spiro atoms. The lowest BCUT2D eigenvalue weighted by Crippen LogP contribution is -2.24. The summed E-state index contributed by atoms with van der Waals surface area (Å²) < 4.78 is 26.6. The Morgan fingerprint density at radius 3 is 2.77 bits per heavy atom. The van der Waals surface area contributed by atoms with E-state index in [1.165, 1.54) is 12.3 Å². The first-order valence-electron chi connectivity index (χ1n) is 6.84. The van der Waals surface area contributed by atoms with Crippen molar-refractivity contribution in [1.29, 1.82) is 5.26 Å². The first-order valence-corrected chi connectivity index (χ1v) is 6.84. The van der Waals surface area contributed by atoms with E-state index in [-0.39, 0.29) is 11.7 Å². The highest BCUT2D eigenvalue weighted by atomic mass is 19.2. The number of halogens is 2. The molecule has 0 radical (unpaired) electrons. The minimum atomic E-state index is -0.911. The van der Waals surface area contributed by atoms with E-state index in [9.17, 15) is 13.9 Å². The quantitative estimate of drug-likeness (QED) is 0.926. The molecule has 1 saturated heterocycles. The summed E-state index contributed by atoms with van der Waals surface area (Å²) in [6.07, 6.45) is 1.35. The molecule has 0 saturated carbocycles. The van der Waals surface area contributed by atoms with Crippen molar-refractivity contribution in [3.05, 3.63) is 59.4 Å². The lowest BCUT2D eigenvalue weighted by atomic mass is 10.0. The molecule has 1 aromatic carbocycles. The van der Waals surface area contributed by atoms with Crippen LogP contribution in [0, 0.1) is 23.0 Å². The summed E-state index contributed by atoms with van der Waals surface area (Å²) in [5, 5.41) is 18.9. The van der Waals surface area contributed by atoms with Crippen LogP contribution in [0.4, 0.5) is 14.5 Å². The van der Waals surface area contributed by atoms with Gasteiger partial charge < -0.3 is 10.0 Å². The minimum absolute atomic E-state index is 0.267. The van der Waals surface area contributed by atoms with Gasteiger partial charge in [-0.15, -0.1) is 0 Å². The molecule has 1 aliphatic heterocycles. The Labute approximate surface area is 126 Å². The van der Waals surface area contributed by atoms with Gasteiger partial charge in [-0.25, -0.2) is 13.8 Å². The number of benzene rings is 1. The second kappa shape index (κ2) is 5.70. The van der Waals surface area contributed by atoms with Crippen molar-refractivity contribution < 1.29 is 13.9 Å². The Morgan fingerprint density at radius 2 is 2.05 bits per heavy atom. The SMILES string of the molecule is N#Cc1cc(N2C[C@@H](O)C[C@@H]2c2ccc(F)c(F)c2)ccn1. The lowest BCUT2D eigenvalue weighted by molar-refractivity contribution is 0.194. The molecule has 3 rings (SSSR count). The number of nitrogens with zero attached hydrogens (tertiary/aromatic N) is 3. The molecule has 1 fully saturated rings. The third-order valence-electron chi connectivity index (χ3n) is 3.80. The zero-order valence-corrected chi connectivity index (χ0v) is 11.6. The van der Waals surface area contributed by atoms with E-state index >= 15 is 0 Å². The predicted molar refractivity (Wildman–Crippen MR) is 76.0 cm³/mol. The molecule has 0 amide bonds. The molecule has 1 aliphatic rings. The van der Waals surface area contributed by atoms with Gasteiger partial charge in [-0.05, 0) is 36.2 Å². The number of aromatic nitrogens is 1. The zero-order valence-electron chi connectivity index (χ0n) is 11.6. The summed E-state index contributed by atoms with van der Waals surface area (Å²) in [7, 11) is 0. The average Bonchev–Trinajstić information content (AvgIpc) is 2.92. The molecule has 0 unspecified atom stereocenters. The van der Waals surface area contributed by atoms with Gasteiger partial charge in [-0.3, -0.25) is 0 Å². The van der Waals surface area contributed by atoms with Gasteiger partial charge in [0.25, 0.3) is 0 Å². The van der Waals surface area contributed by atoms with Crippen LogP contribution >= 0.6 is 0 Å². The summed E-state index contributed by atoms with van der Waals surface area (Å²) in [6, 6.07) is 8.78. The highest BCUT2D eigenvalue weighted by Crippen LogP contribution is 2.36. The number of nitriles is 1. The first kappa shape index (κ1) is 14.4. The van der Waals surface area contributed by atoms with Crippen LogP contribution in [0.5, 0.6) is 0 Å². The van der Waals surface area contributed by atoms with Crippen molar-refractivity contribution in [3.63, 3.8) is 0 Å². The standard InChI is InChI=1S/C16H13F2N3O/c17-14-2-1-10(5-15(14)18)16-7-13(22)9-21(16)12-3-4-20-11(6-12)8-19/h1-6,13,16,22H,7,9H2/t13-,16+/m0/s1. The number of anilines is 1. The molecule has 2 atom stereocenters. The van der Waals surface area contributed by atoms with E-state index < -0.39 is 17.7 Å². The van der Waals surface area contributed by atoms with Crippen molar-refractivity contribution in [2.45, 2.75) is 18.6 Å². The van der Waals surface area contributed by atoms with E-state index in [4.69, 9.17) is 5.26 Å². The van der Waals surface area contributed by atoms with Crippen LogP contribution in [0.3, 0.4) is 0 Å². The fourth-order valence-corrected chi connectivity index (χ4v) is 2.79. The molecule has 6 heteroatoms. The van der Waals surface area contributed by atoms with Gasteiger partial charge in [0, 0.05) is 18.4 Å². The van der Waals surface area contributed by atoms with Crippen LogP contribution in [0.25, 0.3) is 0 Å². The van der Waals surface area contributed by atoms with Crippen molar-refractivity contribution in [2.24, 2.45) is 0 Å². The van der Waals surface area contributed by atoms with Crippen LogP contribution in [-0.4, -0.2) is 22.7 Å². The van der Waals surface area contributed by atoms with Gasteiger partial charge in [0.1, 0.15) is 11.8 Å². The Balaban J connectivity index is 1.98. The lowest BCUT2D eigenvalue weighted by Gasteiger charge is -2.27. The number of pyridine rings is 1. The number of β-amino-alcohol motifs (C(OH)–C–C–N with tert-alkyl or cyclic N) is 1. The summed E-state index contributed by atoms with van der Waals surface area (Å²) in [5.41, 5.74) is 1.58. The van der Waals surface area contributed by atoms with Crippen LogP contribution < -0.4 is 4.90 Å². The maximum atomic E-state index is 13.5. The largest absolute Gasteiger partial charge is 0.391 e. The van der Waals surface area contributed by atoms with E-state index in [0.29, 0.717) is 18.5 Å². The van der Waals surface area contributed by atoms with E-state index in [0.717, 1.165) is 17.8 Å². The van der Waals surface area contributed by atoms with Gasteiger partial charge in [0.15, 0.2) is 11.6 Å². The normalized spacial score (nSPS) is 20.9. The van der Waals surface area contributed by atoms with Gasteiger partial charge >= 0.3 is 0 Å². The van der Waals surface area contributed by atoms with Crippen molar-refractivity contribution in [1.82, 2.24) is 4.98 Å². The van der Waals surface area contributed by atoms with Gasteiger partial charge in [0.2, 0.25) is 0 Å². The number of hydrogen-bond donors (Lipinski definition) is 1.